The fourth-order valence-corrected chi connectivity index (χ4v) is 5.12. The normalized spacial score (nSPS) is 37.1. The second-order valence-electron chi connectivity index (χ2n) is 6.78. The van der Waals surface area contributed by atoms with E-state index in [2.05, 4.69) is 29.6 Å². The second kappa shape index (κ2) is 4.33. The van der Waals surface area contributed by atoms with Gasteiger partial charge in [-0.1, -0.05) is 24.3 Å². The molecule has 1 aliphatic heterocycles. The molecule has 4 rings (SSSR count). The first kappa shape index (κ1) is 12.9. The van der Waals surface area contributed by atoms with E-state index in [4.69, 9.17) is 0 Å². The van der Waals surface area contributed by atoms with Crippen LogP contribution in [0.5, 0.6) is 0 Å². The van der Waals surface area contributed by atoms with Crippen LogP contribution in [0.3, 0.4) is 0 Å². The fourth-order valence-electron chi connectivity index (χ4n) is 5.12. The van der Waals surface area contributed by atoms with E-state index in [-0.39, 0.29) is 11.3 Å². The van der Waals surface area contributed by atoms with Crippen LogP contribution in [0.1, 0.15) is 30.4 Å². The smallest absolute Gasteiger partial charge is 0.326 e. The topological polar surface area (TPSA) is 66.4 Å². The van der Waals surface area contributed by atoms with Gasteiger partial charge in [-0.15, -0.1) is 0 Å². The van der Waals surface area contributed by atoms with Crippen LogP contribution in [0.4, 0.5) is 0 Å². The van der Waals surface area contributed by atoms with Crippen molar-refractivity contribution in [1.82, 2.24) is 5.32 Å². The number of carbonyl (C=O) groups is 2. The quantitative estimate of drug-likeness (QED) is 0.826. The van der Waals surface area contributed by atoms with E-state index in [9.17, 15) is 14.7 Å². The molecule has 1 spiro atoms. The molecule has 0 aromatic heterocycles. The summed E-state index contributed by atoms with van der Waals surface area (Å²) >= 11 is 0. The van der Waals surface area contributed by atoms with Crippen molar-refractivity contribution < 1.29 is 14.7 Å². The van der Waals surface area contributed by atoms with Gasteiger partial charge in [0.1, 0.15) is 6.04 Å². The third-order valence-corrected chi connectivity index (χ3v) is 5.99. The van der Waals surface area contributed by atoms with E-state index in [0.29, 0.717) is 18.3 Å². The summed E-state index contributed by atoms with van der Waals surface area (Å²) in [6.45, 7) is 0. The maximum Gasteiger partial charge on any atom is 0.326 e. The van der Waals surface area contributed by atoms with Gasteiger partial charge >= 0.3 is 5.97 Å². The molecule has 2 fully saturated rings. The summed E-state index contributed by atoms with van der Waals surface area (Å²) in [4.78, 5) is 23.7. The van der Waals surface area contributed by atoms with Gasteiger partial charge in [-0.3, -0.25) is 4.79 Å². The number of nitrogens with one attached hydrogen (secondary N) is 1. The monoisotopic (exact) mass is 285 g/mol. The lowest BCUT2D eigenvalue weighted by Gasteiger charge is -2.37. The average Bonchev–Trinajstić information content (AvgIpc) is 2.89. The molecular formula is C17H19NO3. The molecule has 2 N–H and O–H groups in total. The van der Waals surface area contributed by atoms with E-state index in [1.165, 1.54) is 11.1 Å². The Morgan fingerprint density at radius 3 is 2.24 bits per heavy atom. The largest absolute Gasteiger partial charge is 0.480 e. The lowest BCUT2D eigenvalue weighted by atomic mass is 9.65. The highest BCUT2D eigenvalue weighted by Crippen LogP contribution is 2.58. The number of hydrogen-bond donors (Lipinski definition) is 2. The molecule has 0 radical (unpaired) electrons. The van der Waals surface area contributed by atoms with E-state index in [1.54, 1.807) is 0 Å². The summed E-state index contributed by atoms with van der Waals surface area (Å²) in [6, 6.07) is 7.71. The van der Waals surface area contributed by atoms with Crippen molar-refractivity contribution in [1.29, 1.82) is 0 Å². The Morgan fingerprint density at radius 1 is 1.14 bits per heavy atom. The van der Waals surface area contributed by atoms with Crippen LogP contribution < -0.4 is 5.32 Å². The second-order valence-corrected chi connectivity index (χ2v) is 6.78. The number of fused-ring (bicyclic) bond motifs is 1. The van der Waals surface area contributed by atoms with Crippen molar-refractivity contribution in [2.24, 2.45) is 17.3 Å². The van der Waals surface area contributed by atoms with Crippen LogP contribution in [0.2, 0.25) is 0 Å². The van der Waals surface area contributed by atoms with Gasteiger partial charge in [0, 0.05) is 11.8 Å². The summed E-state index contributed by atoms with van der Waals surface area (Å²) in [6.07, 6.45) is 4.28. The summed E-state index contributed by atoms with van der Waals surface area (Å²) in [5, 5.41) is 12.3. The van der Waals surface area contributed by atoms with E-state index >= 15 is 0 Å². The molecule has 3 aliphatic rings. The number of carboxylic acids is 1. The Bertz CT molecular complexity index is 591. The van der Waals surface area contributed by atoms with Crippen molar-refractivity contribution in [3.63, 3.8) is 0 Å². The first-order valence-electron chi connectivity index (χ1n) is 7.70. The zero-order valence-corrected chi connectivity index (χ0v) is 11.8. The van der Waals surface area contributed by atoms with Crippen molar-refractivity contribution >= 4 is 11.9 Å². The molecule has 2 aliphatic carbocycles. The van der Waals surface area contributed by atoms with E-state index in [1.807, 2.05) is 0 Å². The van der Waals surface area contributed by atoms with Crippen LogP contribution in [0.25, 0.3) is 0 Å². The van der Waals surface area contributed by atoms with Gasteiger partial charge in [-0.05, 0) is 48.6 Å². The number of rotatable bonds is 1. The van der Waals surface area contributed by atoms with Gasteiger partial charge in [-0.25, -0.2) is 4.79 Å². The molecule has 1 aromatic rings. The summed E-state index contributed by atoms with van der Waals surface area (Å²) in [7, 11) is 0. The Morgan fingerprint density at radius 2 is 1.71 bits per heavy atom. The zero-order chi connectivity index (χ0) is 14.6. The average molecular weight is 285 g/mol. The molecule has 2 bridgehead atoms. The van der Waals surface area contributed by atoms with Crippen molar-refractivity contribution in [3.05, 3.63) is 35.4 Å². The minimum Gasteiger partial charge on any atom is -0.480 e. The van der Waals surface area contributed by atoms with Crippen LogP contribution in [0.15, 0.2) is 24.3 Å². The van der Waals surface area contributed by atoms with Crippen LogP contribution in [-0.4, -0.2) is 23.0 Å². The molecule has 4 heteroatoms. The lowest BCUT2D eigenvalue weighted by Crippen LogP contribution is -2.49. The van der Waals surface area contributed by atoms with Gasteiger partial charge in [0.15, 0.2) is 0 Å². The first-order chi connectivity index (χ1) is 10.1. The molecule has 21 heavy (non-hydrogen) atoms. The van der Waals surface area contributed by atoms with E-state index < -0.39 is 12.0 Å². The molecule has 1 saturated heterocycles. The molecule has 1 aromatic carbocycles. The Labute approximate surface area is 123 Å². The molecule has 110 valence electrons. The SMILES string of the molecule is O=C1CC2(C3CCC2Cc2ccccc2C3)C(C(=O)O)N1. The molecule has 1 saturated carbocycles. The third-order valence-electron chi connectivity index (χ3n) is 5.99. The number of carbonyl (C=O) groups excluding carboxylic acids is 1. The number of carboxylic acid groups (broad SMARTS) is 1. The highest BCUT2D eigenvalue weighted by molar-refractivity contribution is 5.89. The summed E-state index contributed by atoms with van der Waals surface area (Å²) in [5.74, 6) is -0.369. The number of benzene rings is 1. The first-order valence-corrected chi connectivity index (χ1v) is 7.70. The number of aliphatic carboxylic acids is 1. The zero-order valence-electron chi connectivity index (χ0n) is 11.8. The van der Waals surface area contributed by atoms with Crippen molar-refractivity contribution in [2.75, 3.05) is 0 Å². The summed E-state index contributed by atoms with van der Waals surface area (Å²) < 4.78 is 0. The minimum absolute atomic E-state index is 0.0924. The number of amides is 1. The molecular weight excluding hydrogens is 266 g/mol. The molecule has 4 nitrogen and oxygen atoms in total. The van der Waals surface area contributed by atoms with Crippen molar-refractivity contribution in [2.45, 2.75) is 38.1 Å². The van der Waals surface area contributed by atoms with Gasteiger partial charge < -0.3 is 10.4 Å². The molecule has 3 unspecified atom stereocenters. The predicted octanol–water partition coefficient (Wildman–Crippen LogP) is 1.77. The van der Waals surface area contributed by atoms with Gasteiger partial charge in [-0.2, -0.15) is 0 Å². The van der Waals surface area contributed by atoms with Gasteiger partial charge in [0.25, 0.3) is 0 Å². The maximum absolute atomic E-state index is 12.0. The standard InChI is InChI=1S/C17H19NO3/c19-14-9-17(15(18-14)16(20)21)12-5-6-13(17)8-11-4-2-1-3-10(11)7-12/h1-4,12-13,15H,5-9H2,(H,18,19)(H,20,21). The van der Waals surface area contributed by atoms with Gasteiger partial charge in [0.2, 0.25) is 5.91 Å². The summed E-state index contributed by atoms with van der Waals surface area (Å²) in [5.41, 5.74) is 2.29. The van der Waals surface area contributed by atoms with Crippen LogP contribution in [-0.2, 0) is 22.4 Å². The third kappa shape index (κ3) is 1.68. The van der Waals surface area contributed by atoms with Crippen molar-refractivity contribution in [3.8, 4) is 0 Å². The highest BCUT2D eigenvalue weighted by Gasteiger charge is 2.62. The number of hydrogen-bond acceptors (Lipinski definition) is 2. The fraction of sp³-hybridized carbons (Fsp3) is 0.529. The molecule has 3 atom stereocenters. The Balaban J connectivity index is 1.81. The Kier molecular flexibility index (Phi) is 2.65. The van der Waals surface area contributed by atoms with E-state index in [0.717, 1.165) is 25.7 Å². The minimum atomic E-state index is -0.872. The van der Waals surface area contributed by atoms with Crippen LogP contribution in [0, 0.1) is 17.3 Å². The predicted molar refractivity (Wildman–Crippen MR) is 76.7 cm³/mol. The molecule has 1 amide bonds. The highest BCUT2D eigenvalue weighted by atomic mass is 16.4. The lowest BCUT2D eigenvalue weighted by molar-refractivity contribution is -0.144. The van der Waals surface area contributed by atoms with Gasteiger partial charge in [0.05, 0.1) is 0 Å². The van der Waals surface area contributed by atoms with Crippen LogP contribution >= 0.6 is 0 Å². The maximum atomic E-state index is 12.0. The molecule has 1 heterocycles. The Hall–Kier alpha value is -1.84.